The van der Waals surface area contributed by atoms with E-state index in [9.17, 15) is 9.59 Å². The van der Waals surface area contributed by atoms with Crippen LogP contribution in [-0.4, -0.2) is 48.7 Å². The normalized spacial score (nSPS) is 14.4. The number of aryl methyl sites for hydroxylation is 1. The fourth-order valence-electron chi connectivity index (χ4n) is 2.42. The van der Waals surface area contributed by atoms with Gasteiger partial charge in [0.25, 0.3) is 5.91 Å². The molecule has 0 aliphatic carbocycles. The van der Waals surface area contributed by atoms with Crippen LogP contribution in [0.2, 0.25) is 0 Å². The molecule has 2 rings (SSSR count). The third-order valence-electron chi connectivity index (χ3n) is 3.93. The van der Waals surface area contributed by atoms with E-state index in [-0.39, 0.29) is 36.9 Å². The Morgan fingerprint density at radius 2 is 2.08 bits per heavy atom. The number of amides is 1. The van der Waals surface area contributed by atoms with Crippen LogP contribution in [-0.2, 0) is 14.3 Å². The number of benzene rings is 1. The van der Waals surface area contributed by atoms with Crippen LogP contribution < -0.4 is 5.32 Å². The van der Waals surface area contributed by atoms with Crippen molar-refractivity contribution in [3.05, 3.63) is 37.4 Å². The molecule has 6 nitrogen and oxygen atoms in total. The van der Waals surface area contributed by atoms with Gasteiger partial charge in [-0.15, -0.1) is 0 Å². The van der Waals surface area contributed by atoms with Gasteiger partial charge in [-0.25, -0.2) is 4.79 Å². The SMILES string of the molecule is COC(=O)C1=C(Nc2c(Br)cc(C)c(C)c2Br)C(=O)N(CCO)C1. The average Bonchev–Trinajstić information content (AvgIpc) is 2.85. The quantitative estimate of drug-likeness (QED) is 0.658. The van der Waals surface area contributed by atoms with Crippen LogP contribution >= 0.6 is 31.9 Å². The molecule has 1 aliphatic rings. The van der Waals surface area contributed by atoms with Gasteiger partial charge in [0.2, 0.25) is 0 Å². The minimum Gasteiger partial charge on any atom is -0.466 e. The van der Waals surface area contributed by atoms with Gasteiger partial charge in [-0.05, 0) is 62.9 Å². The number of hydrogen-bond acceptors (Lipinski definition) is 5. The molecule has 130 valence electrons. The number of methoxy groups -OCH3 is 1. The first-order chi connectivity index (χ1) is 11.3. The molecule has 1 heterocycles. The second-order valence-electron chi connectivity index (χ2n) is 5.41. The van der Waals surface area contributed by atoms with E-state index in [1.165, 1.54) is 12.0 Å². The van der Waals surface area contributed by atoms with Crippen LogP contribution in [0, 0.1) is 13.8 Å². The number of nitrogens with one attached hydrogen (secondary N) is 1. The zero-order valence-corrected chi connectivity index (χ0v) is 16.7. The molecule has 1 aliphatic heterocycles. The summed E-state index contributed by atoms with van der Waals surface area (Å²) < 4.78 is 6.35. The van der Waals surface area contributed by atoms with Gasteiger partial charge in [0, 0.05) is 15.5 Å². The van der Waals surface area contributed by atoms with E-state index in [1.807, 2.05) is 19.9 Å². The van der Waals surface area contributed by atoms with E-state index in [0.29, 0.717) is 5.69 Å². The second-order valence-corrected chi connectivity index (χ2v) is 7.06. The van der Waals surface area contributed by atoms with Crippen molar-refractivity contribution in [3.63, 3.8) is 0 Å². The number of carbonyl (C=O) groups is 2. The van der Waals surface area contributed by atoms with Gasteiger partial charge in [-0.3, -0.25) is 4.79 Å². The van der Waals surface area contributed by atoms with Crippen molar-refractivity contribution in [2.24, 2.45) is 0 Å². The number of esters is 1. The number of rotatable bonds is 5. The first-order valence-corrected chi connectivity index (χ1v) is 8.84. The van der Waals surface area contributed by atoms with Gasteiger partial charge in [-0.2, -0.15) is 0 Å². The summed E-state index contributed by atoms with van der Waals surface area (Å²) in [7, 11) is 1.27. The van der Waals surface area contributed by atoms with Crippen molar-refractivity contribution in [2.45, 2.75) is 13.8 Å². The molecule has 1 amide bonds. The van der Waals surface area contributed by atoms with Crippen LogP contribution in [0.3, 0.4) is 0 Å². The molecular weight excluding hydrogens is 444 g/mol. The summed E-state index contributed by atoms with van der Waals surface area (Å²) in [5.74, 6) is -0.913. The summed E-state index contributed by atoms with van der Waals surface area (Å²) in [6.07, 6.45) is 0. The van der Waals surface area contributed by atoms with Crippen molar-refractivity contribution >= 4 is 49.4 Å². The Hall–Kier alpha value is -1.38. The van der Waals surface area contributed by atoms with Crippen molar-refractivity contribution in [2.75, 3.05) is 32.1 Å². The van der Waals surface area contributed by atoms with Gasteiger partial charge in [0.15, 0.2) is 0 Å². The number of nitrogens with zero attached hydrogens (tertiary/aromatic N) is 1. The lowest BCUT2D eigenvalue weighted by Crippen LogP contribution is -2.31. The number of halogens is 2. The second kappa shape index (κ2) is 7.67. The molecule has 0 bridgehead atoms. The van der Waals surface area contributed by atoms with Crippen LogP contribution in [0.15, 0.2) is 26.3 Å². The molecule has 1 aromatic carbocycles. The monoisotopic (exact) mass is 460 g/mol. The highest BCUT2D eigenvalue weighted by Gasteiger charge is 2.35. The Morgan fingerprint density at radius 1 is 1.42 bits per heavy atom. The summed E-state index contributed by atoms with van der Waals surface area (Å²) >= 11 is 7.02. The number of aliphatic hydroxyl groups is 1. The summed E-state index contributed by atoms with van der Waals surface area (Å²) in [6, 6.07) is 1.94. The minimum atomic E-state index is -0.567. The Kier molecular flexibility index (Phi) is 6.06. The van der Waals surface area contributed by atoms with Crippen LogP contribution in [0.4, 0.5) is 5.69 Å². The number of ether oxygens (including phenoxy) is 1. The largest absolute Gasteiger partial charge is 0.466 e. The standard InChI is InChI=1S/C16H18Br2N2O4/c1-8-6-11(17)14(12(18)9(8)2)19-13-10(16(23)24-3)7-20(4-5-21)15(13)22/h6,19,21H,4-5,7H2,1-3H3. The molecular formula is C16H18Br2N2O4. The maximum Gasteiger partial charge on any atom is 0.337 e. The third-order valence-corrected chi connectivity index (χ3v) is 5.54. The molecule has 2 N–H and O–H groups in total. The smallest absolute Gasteiger partial charge is 0.337 e. The molecule has 1 aromatic rings. The Bertz CT molecular complexity index is 731. The number of anilines is 1. The molecule has 24 heavy (non-hydrogen) atoms. The van der Waals surface area contributed by atoms with E-state index >= 15 is 0 Å². The van der Waals surface area contributed by atoms with Crippen LogP contribution in [0.25, 0.3) is 0 Å². The number of carbonyl (C=O) groups excluding carboxylic acids is 2. The van der Waals surface area contributed by atoms with Gasteiger partial charge in [-0.1, -0.05) is 0 Å². The molecule has 0 fully saturated rings. The molecule has 0 atom stereocenters. The van der Waals surface area contributed by atoms with Crippen molar-refractivity contribution < 1.29 is 19.4 Å². The number of β-amino-alcohol motifs (C(OH)–C–C–N with tert-alkyl or cyclic N) is 1. The van der Waals surface area contributed by atoms with E-state index in [4.69, 9.17) is 9.84 Å². The van der Waals surface area contributed by atoms with E-state index < -0.39 is 5.97 Å². The van der Waals surface area contributed by atoms with E-state index in [2.05, 4.69) is 37.2 Å². The van der Waals surface area contributed by atoms with Gasteiger partial charge in [0.05, 0.1) is 31.5 Å². The summed E-state index contributed by atoms with van der Waals surface area (Å²) in [5, 5.41) is 12.2. The molecule has 0 spiro atoms. The highest BCUT2D eigenvalue weighted by atomic mass is 79.9. The molecule has 0 saturated heterocycles. The third kappa shape index (κ3) is 3.50. The van der Waals surface area contributed by atoms with Gasteiger partial charge >= 0.3 is 5.97 Å². The summed E-state index contributed by atoms with van der Waals surface area (Å²) in [4.78, 5) is 26.0. The van der Waals surface area contributed by atoms with E-state index in [1.54, 1.807) is 0 Å². The topological polar surface area (TPSA) is 78.9 Å². The van der Waals surface area contributed by atoms with Crippen LogP contribution in [0.5, 0.6) is 0 Å². The zero-order chi connectivity index (χ0) is 18.0. The minimum absolute atomic E-state index is 0.106. The van der Waals surface area contributed by atoms with Crippen LogP contribution in [0.1, 0.15) is 11.1 Å². The lowest BCUT2D eigenvalue weighted by Gasteiger charge is -2.17. The fraction of sp³-hybridized carbons (Fsp3) is 0.375. The van der Waals surface area contributed by atoms with Gasteiger partial charge in [0.1, 0.15) is 5.70 Å². The summed E-state index contributed by atoms with van der Waals surface area (Å²) in [6.45, 7) is 4.03. The summed E-state index contributed by atoms with van der Waals surface area (Å²) in [5.41, 5.74) is 3.18. The predicted molar refractivity (Wildman–Crippen MR) is 97.6 cm³/mol. The molecule has 0 radical (unpaired) electrons. The van der Waals surface area contributed by atoms with Crippen molar-refractivity contribution in [1.29, 1.82) is 0 Å². The highest BCUT2D eigenvalue weighted by Crippen LogP contribution is 2.37. The van der Waals surface area contributed by atoms with Crippen molar-refractivity contribution in [3.8, 4) is 0 Å². The maximum absolute atomic E-state index is 12.6. The predicted octanol–water partition coefficient (Wildman–Crippen LogP) is 2.50. The lowest BCUT2D eigenvalue weighted by molar-refractivity contribution is -0.136. The molecule has 0 unspecified atom stereocenters. The van der Waals surface area contributed by atoms with Gasteiger partial charge < -0.3 is 20.1 Å². The maximum atomic E-state index is 12.6. The fourth-order valence-corrected chi connectivity index (χ4v) is 3.96. The van der Waals surface area contributed by atoms with Crippen molar-refractivity contribution in [1.82, 2.24) is 4.90 Å². The molecule has 0 saturated carbocycles. The first kappa shape index (κ1) is 19.0. The number of aliphatic hydroxyl groups excluding tert-OH is 1. The molecule has 8 heteroatoms. The van der Waals surface area contributed by atoms with E-state index in [0.717, 1.165) is 20.1 Å². The Balaban J connectivity index is 2.47. The average molecular weight is 462 g/mol. The zero-order valence-electron chi connectivity index (χ0n) is 13.6. The number of hydrogen-bond donors (Lipinski definition) is 2. The Morgan fingerprint density at radius 3 is 2.67 bits per heavy atom. The first-order valence-electron chi connectivity index (χ1n) is 7.25. The lowest BCUT2D eigenvalue weighted by atomic mass is 10.1. The molecule has 0 aromatic heterocycles. The highest BCUT2D eigenvalue weighted by molar-refractivity contribution is 9.11. The Labute approximate surface area is 157 Å².